The number of carboxylic acids is 1. The first-order valence-electron chi connectivity index (χ1n) is 7.11. The van der Waals surface area contributed by atoms with Crippen LogP contribution in [-0.2, 0) is 14.6 Å². The smallest absolute Gasteiger partial charge is 0.341 e. The number of hydrogen-bond acceptors (Lipinski definition) is 5. The molecule has 6 nitrogen and oxygen atoms in total. The molecule has 0 aliphatic carbocycles. The highest BCUT2D eigenvalue weighted by Crippen LogP contribution is 2.26. The van der Waals surface area contributed by atoms with E-state index in [1.807, 2.05) is 0 Å². The van der Waals surface area contributed by atoms with E-state index in [9.17, 15) is 18.3 Å². The summed E-state index contributed by atoms with van der Waals surface area (Å²) in [6, 6.07) is 17.6. The van der Waals surface area contributed by atoms with Crippen molar-refractivity contribution in [1.82, 2.24) is 0 Å². The Kier molecular flexibility index (Phi) is 5.18. The Hall–Kier alpha value is -2.48. The minimum atomic E-state index is -4.38. The summed E-state index contributed by atoms with van der Waals surface area (Å²) in [5.41, 5.74) is 12.5. The average molecular weight is 346 g/mol. The molecule has 0 heterocycles. The monoisotopic (exact) mass is 346 g/mol. The summed E-state index contributed by atoms with van der Waals surface area (Å²) in [6.07, 6.45) is 0. The van der Waals surface area contributed by atoms with Gasteiger partial charge in [-0.2, -0.15) is 0 Å². The summed E-state index contributed by atoms with van der Waals surface area (Å²) in [5.74, 6) is -1.69. The van der Waals surface area contributed by atoms with E-state index in [0.29, 0.717) is 16.7 Å². The van der Waals surface area contributed by atoms with Crippen molar-refractivity contribution in [2.24, 2.45) is 11.5 Å². The molecule has 0 bridgehead atoms. The van der Waals surface area contributed by atoms with Crippen LogP contribution < -0.4 is 11.5 Å². The van der Waals surface area contributed by atoms with Gasteiger partial charge in [-0.25, -0.2) is 13.2 Å². The van der Waals surface area contributed by atoms with Gasteiger partial charge in [0.2, 0.25) is 14.7 Å². The Balaban J connectivity index is 2.68. The minimum Gasteiger partial charge on any atom is -0.479 e. The van der Waals surface area contributed by atoms with Crippen LogP contribution in [0.5, 0.6) is 0 Å². The molecule has 0 saturated heterocycles. The van der Waals surface area contributed by atoms with Gasteiger partial charge in [0.15, 0.2) is 0 Å². The van der Waals surface area contributed by atoms with Gasteiger partial charge in [-0.1, -0.05) is 60.7 Å². The highest BCUT2D eigenvalue weighted by Gasteiger charge is 2.45. The summed E-state index contributed by atoms with van der Waals surface area (Å²) in [7, 11) is -4.38. The lowest BCUT2D eigenvalue weighted by Crippen LogP contribution is -2.59. The molecule has 0 saturated carbocycles. The highest BCUT2D eigenvalue weighted by atomic mass is 32.2. The maximum absolute atomic E-state index is 12.6. The lowest BCUT2D eigenvalue weighted by molar-refractivity contribution is -0.139. The second-order valence-corrected chi connectivity index (χ2v) is 7.26. The van der Waals surface area contributed by atoms with Gasteiger partial charge in [-0.15, -0.1) is 0 Å². The van der Waals surface area contributed by atoms with Crippen LogP contribution in [-0.4, -0.2) is 30.9 Å². The number of rotatable bonds is 6. The van der Waals surface area contributed by atoms with Gasteiger partial charge in [-0.3, -0.25) is 0 Å². The van der Waals surface area contributed by atoms with Gasteiger partial charge >= 0.3 is 5.97 Å². The van der Waals surface area contributed by atoms with Crippen LogP contribution in [0.4, 0.5) is 0 Å². The van der Waals surface area contributed by atoms with Crippen LogP contribution in [0.1, 0.15) is 11.1 Å². The maximum atomic E-state index is 12.6. The van der Waals surface area contributed by atoms with E-state index in [2.05, 4.69) is 0 Å². The summed E-state index contributed by atoms with van der Waals surface area (Å²) in [5, 5.41) is 10.1. The molecule has 7 heteroatoms. The molecule has 0 aliphatic rings. The van der Waals surface area contributed by atoms with Crippen LogP contribution in [0.2, 0.25) is 0 Å². The Labute approximate surface area is 140 Å². The second-order valence-electron chi connectivity index (χ2n) is 5.21. The number of hydrogen-bond donors (Lipinski definition) is 3. The number of sulfone groups is 1. The van der Waals surface area contributed by atoms with Gasteiger partial charge in [-0.05, 0) is 11.1 Å². The van der Waals surface area contributed by atoms with Gasteiger partial charge in [0.05, 0.1) is 0 Å². The predicted octanol–water partition coefficient (Wildman–Crippen LogP) is 1.19. The van der Waals surface area contributed by atoms with E-state index in [4.69, 9.17) is 11.5 Å². The van der Waals surface area contributed by atoms with E-state index < -0.39 is 27.2 Å². The van der Waals surface area contributed by atoms with Crippen molar-refractivity contribution in [2.75, 3.05) is 6.54 Å². The molecular formula is C17H18N2O4S. The Morgan fingerprint density at radius 1 is 1.00 bits per heavy atom. The number of carboxylic acid groups (broad SMARTS) is 1. The molecule has 0 aliphatic heterocycles. The molecule has 24 heavy (non-hydrogen) atoms. The standard InChI is InChI=1S/C17H18N2O4S/c18-12-17(19,16(20)21)24(22,23)11-15(13-7-3-1-4-8-13)14-9-5-2-6-10-14/h1-11H,12,18-19H2,(H,20,21). The van der Waals surface area contributed by atoms with Crippen LogP contribution in [0.15, 0.2) is 66.1 Å². The molecular weight excluding hydrogens is 328 g/mol. The third-order valence-corrected chi connectivity index (χ3v) is 5.52. The van der Waals surface area contributed by atoms with E-state index in [1.165, 1.54) is 0 Å². The van der Waals surface area contributed by atoms with Crippen molar-refractivity contribution in [2.45, 2.75) is 4.87 Å². The van der Waals surface area contributed by atoms with Crippen LogP contribution >= 0.6 is 0 Å². The van der Waals surface area contributed by atoms with Gasteiger partial charge < -0.3 is 16.6 Å². The lowest BCUT2D eigenvalue weighted by atomic mass is 10.00. The Morgan fingerprint density at radius 2 is 1.42 bits per heavy atom. The molecule has 0 radical (unpaired) electrons. The molecule has 126 valence electrons. The third kappa shape index (κ3) is 3.38. The van der Waals surface area contributed by atoms with Crippen molar-refractivity contribution in [1.29, 1.82) is 0 Å². The molecule has 0 fully saturated rings. The van der Waals surface area contributed by atoms with Crippen LogP contribution in [0, 0.1) is 0 Å². The number of aliphatic carboxylic acids is 1. The van der Waals surface area contributed by atoms with Gasteiger partial charge in [0, 0.05) is 17.5 Å². The molecule has 2 aromatic carbocycles. The zero-order valence-corrected chi connectivity index (χ0v) is 13.6. The van der Waals surface area contributed by atoms with Crippen molar-refractivity contribution in [3.8, 4) is 0 Å². The number of carbonyl (C=O) groups is 1. The molecule has 2 rings (SSSR count). The molecule has 2 aromatic rings. The second kappa shape index (κ2) is 6.96. The SMILES string of the molecule is NCC(N)(C(=O)O)S(=O)(=O)C=C(c1ccccc1)c1ccccc1. The zero-order valence-electron chi connectivity index (χ0n) is 12.8. The van der Waals surface area contributed by atoms with Crippen molar-refractivity contribution in [3.63, 3.8) is 0 Å². The quantitative estimate of drug-likeness (QED) is 0.722. The summed E-state index contributed by atoms with van der Waals surface area (Å²) in [4.78, 5) is 8.76. The first-order chi connectivity index (χ1) is 11.3. The lowest BCUT2D eigenvalue weighted by Gasteiger charge is -2.21. The predicted molar refractivity (Wildman–Crippen MR) is 92.5 cm³/mol. The van der Waals surface area contributed by atoms with Crippen LogP contribution in [0.3, 0.4) is 0 Å². The normalized spacial score (nSPS) is 13.8. The topological polar surface area (TPSA) is 123 Å². The fraction of sp³-hybridized carbons (Fsp3) is 0.118. The Morgan fingerprint density at radius 3 is 1.75 bits per heavy atom. The molecule has 5 N–H and O–H groups in total. The maximum Gasteiger partial charge on any atom is 0.341 e. The molecule has 0 spiro atoms. The summed E-state index contributed by atoms with van der Waals surface area (Å²) >= 11 is 0. The largest absolute Gasteiger partial charge is 0.479 e. The fourth-order valence-corrected chi connectivity index (χ4v) is 3.39. The average Bonchev–Trinajstić information content (AvgIpc) is 2.60. The zero-order chi connectivity index (χ0) is 17.8. The number of benzene rings is 2. The van der Waals surface area contributed by atoms with E-state index >= 15 is 0 Å². The Bertz CT molecular complexity index is 807. The molecule has 0 aromatic heterocycles. The van der Waals surface area contributed by atoms with Gasteiger partial charge in [0.1, 0.15) is 0 Å². The first-order valence-corrected chi connectivity index (χ1v) is 8.66. The molecule has 0 amide bonds. The van der Waals surface area contributed by atoms with E-state index in [1.54, 1.807) is 60.7 Å². The van der Waals surface area contributed by atoms with E-state index in [0.717, 1.165) is 5.41 Å². The van der Waals surface area contributed by atoms with Crippen LogP contribution in [0.25, 0.3) is 5.57 Å². The van der Waals surface area contributed by atoms with E-state index in [-0.39, 0.29) is 0 Å². The molecule has 1 unspecified atom stereocenters. The van der Waals surface area contributed by atoms with Crippen molar-refractivity contribution in [3.05, 3.63) is 77.2 Å². The summed E-state index contributed by atoms with van der Waals surface area (Å²) in [6.45, 7) is -0.738. The minimum absolute atomic E-state index is 0.348. The van der Waals surface area contributed by atoms with Crippen molar-refractivity contribution >= 4 is 21.4 Å². The first kappa shape index (κ1) is 17.9. The third-order valence-electron chi connectivity index (χ3n) is 3.62. The molecule has 1 atom stereocenters. The fourth-order valence-electron chi connectivity index (χ4n) is 2.12. The highest BCUT2D eigenvalue weighted by molar-refractivity contribution is 7.96. The van der Waals surface area contributed by atoms with Gasteiger partial charge in [0.25, 0.3) is 0 Å². The summed E-state index contributed by atoms with van der Waals surface area (Å²) < 4.78 is 25.2. The van der Waals surface area contributed by atoms with Crippen molar-refractivity contribution < 1.29 is 18.3 Å². The number of nitrogens with two attached hydrogens (primary N) is 2.